The van der Waals surface area contributed by atoms with Crippen LogP contribution in [0.5, 0.6) is 5.75 Å². The molecule has 124 valence electrons. The summed E-state index contributed by atoms with van der Waals surface area (Å²) in [6.07, 6.45) is 1.00. The lowest BCUT2D eigenvalue weighted by atomic mass is 10.1. The minimum absolute atomic E-state index is 0. The van der Waals surface area contributed by atoms with Gasteiger partial charge in [-0.2, -0.15) is 0 Å². The second-order valence-corrected chi connectivity index (χ2v) is 4.75. The van der Waals surface area contributed by atoms with Crippen LogP contribution < -0.4 is 15.8 Å². The first-order chi connectivity index (χ1) is 10.7. The molecule has 6 heteroatoms. The molecule has 2 aromatic rings. The molecule has 0 unspecified atom stereocenters. The molecule has 0 radical (unpaired) electrons. The van der Waals surface area contributed by atoms with Gasteiger partial charge in [-0.3, -0.25) is 0 Å². The van der Waals surface area contributed by atoms with Gasteiger partial charge in [0.2, 0.25) is 0 Å². The Labute approximate surface area is 153 Å². The number of nitrogens with zero attached hydrogens (tertiary/aromatic N) is 1. The number of aryl methyl sites for hydroxylation is 1. The van der Waals surface area contributed by atoms with Crippen LogP contribution in [0.15, 0.2) is 53.5 Å². The molecule has 0 saturated carbocycles. The minimum Gasteiger partial charge on any atom is -0.492 e. The first-order valence-electron chi connectivity index (χ1n) is 7.21. The van der Waals surface area contributed by atoms with E-state index in [1.165, 1.54) is 17.7 Å². The quantitative estimate of drug-likeness (QED) is 0.318. The number of nitrogens with two attached hydrogens (primary N) is 1. The Morgan fingerprint density at radius 1 is 1.22 bits per heavy atom. The molecule has 0 aliphatic heterocycles. The Kier molecular flexibility index (Phi) is 8.39. The van der Waals surface area contributed by atoms with E-state index in [1.807, 2.05) is 24.3 Å². The summed E-state index contributed by atoms with van der Waals surface area (Å²) in [5.74, 6) is 0.488. The van der Waals surface area contributed by atoms with Gasteiger partial charge < -0.3 is 15.8 Å². The summed E-state index contributed by atoms with van der Waals surface area (Å²) >= 11 is 0. The van der Waals surface area contributed by atoms with Crippen LogP contribution in [0.2, 0.25) is 0 Å². The van der Waals surface area contributed by atoms with Crippen molar-refractivity contribution in [1.29, 1.82) is 0 Å². The Hall–Kier alpha value is -1.83. The van der Waals surface area contributed by atoms with Gasteiger partial charge in [0.05, 0.1) is 6.54 Å². The molecule has 0 saturated heterocycles. The number of nitrogens with one attached hydrogen (secondary N) is 1. The SMILES string of the molecule is CCc1ccc(NC(N)=NCCOc2cccc(F)c2)cc1.I. The molecule has 0 spiro atoms. The molecule has 0 bridgehead atoms. The second-order valence-electron chi connectivity index (χ2n) is 4.75. The Morgan fingerprint density at radius 3 is 2.61 bits per heavy atom. The van der Waals surface area contributed by atoms with E-state index in [2.05, 4.69) is 17.2 Å². The number of aliphatic imine (C=N–C) groups is 1. The van der Waals surface area contributed by atoms with Crippen molar-refractivity contribution in [3.63, 3.8) is 0 Å². The summed E-state index contributed by atoms with van der Waals surface area (Å²) in [5.41, 5.74) is 7.96. The lowest BCUT2D eigenvalue weighted by Gasteiger charge is -2.07. The molecule has 0 atom stereocenters. The molecule has 0 amide bonds. The number of benzene rings is 2. The molecule has 23 heavy (non-hydrogen) atoms. The predicted octanol–water partition coefficient (Wildman–Crippen LogP) is 3.81. The van der Waals surface area contributed by atoms with Crippen molar-refractivity contribution in [1.82, 2.24) is 0 Å². The first-order valence-corrected chi connectivity index (χ1v) is 7.21. The van der Waals surface area contributed by atoms with Crippen LogP contribution in [0.1, 0.15) is 12.5 Å². The number of ether oxygens (including phenoxy) is 1. The third-order valence-electron chi connectivity index (χ3n) is 3.07. The third kappa shape index (κ3) is 6.85. The highest BCUT2D eigenvalue weighted by Gasteiger charge is 1.97. The number of hydrogen-bond acceptors (Lipinski definition) is 2. The Morgan fingerprint density at radius 2 is 1.96 bits per heavy atom. The smallest absolute Gasteiger partial charge is 0.193 e. The van der Waals surface area contributed by atoms with Crippen molar-refractivity contribution >= 4 is 35.6 Å². The van der Waals surface area contributed by atoms with E-state index in [0.717, 1.165) is 12.1 Å². The van der Waals surface area contributed by atoms with Crippen molar-refractivity contribution in [2.75, 3.05) is 18.5 Å². The van der Waals surface area contributed by atoms with Crippen LogP contribution in [0.25, 0.3) is 0 Å². The summed E-state index contributed by atoms with van der Waals surface area (Å²) in [6, 6.07) is 14.0. The fourth-order valence-corrected chi connectivity index (χ4v) is 1.90. The highest BCUT2D eigenvalue weighted by atomic mass is 127. The molecular formula is C17H21FIN3O. The van der Waals surface area contributed by atoms with Crippen LogP contribution >= 0.6 is 24.0 Å². The van der Waals surface area contributed by atoms with E-state index in [-0.39, 0.29) is 29.8 Å². The van der Waals surface area contributed by atoms with Gasteiger partial charge in [0, 0.05) is 11.8 Å². The number of guanidine groups is 1. The van der Waals surface area contributed by atoms with Gasteiger partial charge in [0.15, 0.2) is 5.96 Å². The van der Waals surface area contributed by atoms with Crippen LogP contribution in [0.4, 0.5) is 10.1 Å². The van der Waals surface area contributed by atoms with E-state index in [9.17, 15) is 4.39 Å². The van der Waals surface area contributed by atoms with Crippen molar-refractivity contribution in [2.24, 2.45) is 10.7 Å². The standard InChI is InChI=1S/C17H20FN3O.HI/c1-2-13-6-8-15(9-7-13)21-17(19)20-10-11-22-16-5-3-4-14(18)12-16;/h3-9,12H,2,10-11H2,1H3,(H3,19,20,21);1H. The third-order valence-corrected chi connectivity index (χ3v) is 3.07. The van der Waals surface area contributed by atoms with Crippen molar-refractivity contribution in [3.05, 3.63) is 59.9 Å². The van der Waals surface area contributed by atoms with Crippen LogP contribution in [0, 0.1) is 5.82 Å². The maximum atomic E-state index is 13.0. The second kappa shape index (κ2) is 10.0. The van der Waals surface area contributed by atoms with E-state index >= 15 is 0 Å². The molecule has 0 aliphatic carbocycles. The molecule has 4 nitrogen and oxygen atoms in total. The zero-order valence-corrected chi connectivity index (χ0v) is 15.3. The molecule has 2 aromatic carbocycles. The number of anilines is 1. The first kappa shape index (κ1) is 19.2. The molecule has 0 aliphatic rings. The fraction of sp³-hybridized carbons (Fsp3) is 0.235. The van der Waals surface area contributed by atoms with E-state index < -0.39 is 0 Å². The molecule has 0 aromatic heterocycles. The van der Waals surface area contributed by atoms with Crippen molar-refractivity contribution in [3.8, 4) is 5.75 Å². The molecular weight excluding hydrogens is 408 g/mol. The largest absolute Gasteiger partial charge is 0.492 e. The number of rotatable bonds is 6. The lowest BCUT2D eigenvalue weighted by molar-refractivity contribution is 0.327. The van der Waals surface area contributed by atoms with Crippen LogP contribution in [0.3, 0.4) is 0 Å². The van der Waals surface area contributed by atoms with E-state index in [1.54, 1.807) is 12.1 Å². The van der Waals surface area contributed by atoms with Gasteiger partial charge in [-0.15, -0.1) is 24.0 Å². The average molecular weight is 429 g/mol. The normalized spacial score (nSPS) is 10.8. The Bertz CT molecular complexity index is 632. The highest BCUT2D eigenvalue weighted by Crippen LogP contribution is 2.11. The fourth-order valence-electron chi connectivity index (χ4n) is 1.90. The molecule has 2 rings (SSSR count). The minimum atomic E-state index is -0.322. The van der Waals surface area contributed by atoms with Gasteiger partial charge in [0.1, 0.15) is 18.2 Å². The van der Waals surface area contributed by atoms with Gasteiger partial charge in [-0.25, -0.2) is 9.38 Å². The van der Waals surface area contributed by atoms with Crippen LogP contribution in [-0.2, 0) is 6.42 Å². The number of halogens is 2. The molecule has 0 heterocycles. The summed E-state index contributed by atoms with van der Waals surface area (Å²) in [4.78, 5) is 4.16. The van der Waals surface area contributed by atoms with Gasteiger partial charge in [-0.1, -0.05) is 25.1 Å². The summed E-state index contributed by atoms with van der Waals surface area (Å²) in [7, 11) is 0. The number of hydrogen-bond donors (Lipinski definition) is 2. The van der Waals surface area contributed by atoms with Crippen LogP contribution in [-0.4, -0.2) is 19.1 Å². The zero-order valence-electron chi connectivity index (χ0n) is 13.0. The van der Waals surface area contributed by atoms with Gasteiger partial charge in [0.25, 0.3) is 0 Å². The summed E-state index contributed by atoms with van der Waals surface area (Å²) in [5, 5.41) is 3.01. The maximum Gasteiger partial charge on any atom is 0.193 e. The lowest BCUT2D eigenvalue weighted by Crippen LogP contribution is -2.23. The van der Waals surface area contributed by atoms with Gasteiger partial charge >= 0.3 is 0 Å². The highest BCUT2D eigenvalue weighted by molar-refractivity contribution is 14.0. The molecule has 0 fully saturated rings. The monoisotopic (exact) mass is 429 g/mol. The van der Waals surface area contributed by atoms with E-state index in [0.29, 0.717) is 24.9 Å². The Balaban J connectivity index is 0.00000264. The molecule has 3 N–H and O–H groups in total. The maximum absolute atomic E-state index is 13.0. The predicted molar refractivity (Wildman–Crippen MR) is 103 cm³/mol. The van der Waals surface area contributed by atoms with Crippen molar-refractivity contribution < 1.29 is 9.13 Å². The van der Waals surface area contributed by atoms with E-state index in [4.69, 9.17) is 10.5 Å². The summed E-state index contributed by atoms with van der Waals surface area (Å²) in [6.45, 7) is 2.83. The summed E-state index contributed by atoms with van der Waals surface area (Å²) < 4.78 is 18.4. The van der Waals surface area contributed by atoms with Crippen molar-refractivity contribution in [2.45, 2.75) is 13.3 Å². The zero-order chi connectivity index (χ0) is 15.8. The topological polar surface area (TPSA) is 59.6 Å². The van der Waals surface area contributed by atoms with Gasteiger partial charge in [-0.05, 0) is 36.2 Å². The average Bonchev–Trinajstić information content (AvgIpc) is 2.52.